The molecule has 0 spiro atoms. The van der Waals surface area contributed by atoms with E-state index < -0.39 is 11.6 Å². The Kier molecular flexibility index (Phi) is 5.34. The minimum atomic E-state index is -0.748. The number of fused-ring (bicyclic) bond motifs is 1. The van der Waals surface area contributed by atoms with Crippen molar-refractivity contribution in [3.63, 3.8) is 0 Å². The zero-order valence-electron chi connectivity index (χ0n) is 16.8. The van der Waals surface area contributed by atoms with Crippen LogP contribution in [0, 0.1) is 18.6 Å². The van der Waals surface area contributed by atoms with Crippen LogP contribution in [-0.4, -0.2) is 20.7 Å². The molecule has 0 saturated heterocycles. The second kappa shape index (κ2) is 7.95. The van der Waals surface area contributed by atoms with Gasteiger partial charge in [-0.3, -0.25) is 14.4 Å². The zero-order valence-corrected chi connectivity index (χ0v) is 17.6. The SMILES string of the molecule is Cc1cc(C(=O)N(Cc2ccccc2)c2nc3c(F)cc(F)cc3s2)n(C(C)C)n1. The summed E-state index contributed by atoms with van der Waals surface area (Å²) in [5.41, 5.74) is 2.09. The van der Waals surface area contributed by atoms with E-state index in [4.69, 9.17) is 0 Å². The summed E-state index contributed by atoms with van der Waals surface area (Å²) in [4.78, 5) is 19.4. The standard InChI is InChI=1S/C22H20F2N4OS/c1-13(2)28-18(9-14(3)26-28)21(29)27(12-15-7-5-4-6-8-15)22-25-20-17(24)10-16(23)11-19(20)30-22/h4-11,13H,12H2,1-3H3. The second-order valence-electron chi connectivity index (χ2n) is 7.32. The summed E-state index contributed by atoms with van der Waals surface area (Å²) in [5.74, 6) is -1.72. The number of anilines is 1. The number of aryl methyl sites for hydroxylation is 1. The molecular formula is C22H20F2N4OS. The number of carbonyl (C=O) groups is 1. The molecule has 0 saturated carbocycles. The van der Waals surface area contributed by atoms with Gasteiger partial charge in [-0.05, 0) is 38.5 Å². The highest BCUT2D eigenvalue weighted by Gasteiger charge is 2.26. The number of aromatic nitrogens is 3. The smallest absolute Gasteiger partial charge is 0.278 e. The summed E-state index contributed by atoms with van der Waals surface area (Å²) < 4.78 is 29.9. The summed E-state index contributed by atoms with van der Waals surface area (Å²) in [5, 5.41) is 4.73. The zero-order chi connectivity index (χ0) is 21.4. The Labute approximate surface area is 176 Å². The van der Waals surface area contributed by atoms with Crippen molar-refractivity contribution in [1.29, 1.82) is 0 Å². The van der Waals surface area contributed by atoms with Gasteiger partial charge in [-0.15, -0.1) is 0 Å². The van der Waals surface area contributed by atoms with Crippen molar-refractivity contribution in [2.24, 2.45) is 0 Å². The van der Waals surface area contributed by atoms with Gasteiger partial charge in [-0.25, -0.2) is 13.8 Å². The van der Waals surface area contributed by atoms with Gasteiger partial charge < -0.3 is 0 Å². The van der Waals surface area contributed by atoms with E-state index in [0.717, 1.165) is 28.7 Å². The van der Waals surface area contributed by atoms with E-state index in [9.17, 15) is 13.6 Å². The molecule has 5 nitrogen and oxygen atoms in total. The number of nitrogens with zero attached hydrogens (tertiary/aromatic N) is 4. The van der Waals surface area contributed by atoms with E-state index in [1.54, 1.807) is 10.7 Å². The predicted octanol–water partition coefficient (Wildman–Crippen LogP) is 5.51. The number of thiazole rings is 1. The Balaban J connectivity index is 1.83. The summed E-state index contributed by atoms with van der Waals surface area (Å²) in [6, 6.07) is 13.2. The van der Waals surface area contributed by atoms with Gasteiger partial charge in [0, 0.05) is 12.1 Å². The van der Waals surface area contributed by atoms with Crippen molar-refractivity contribution in [1.82, 2.24) is 14.8 Å². The van der Waals surface area contributed by atoms with Gasteiger partial charge in [0.1, 0.15) is 17.0 Å². The molecule has 0 aliphatic rings. The lowest BCUT2D eigenvalue weighted by Gasteiger charge is -2.21. The highest BCUT2D eigenvalue weighted by atomic mass is 32.1. The van der Waals surface area contributed by atoms with Crippen LogP contribution < -0.4 is 4.90 Å². The molecule has 0 bridgehead atoms. The van der Waals surface area contributed by atoms with Gasteiger partial charge in [0.05, 0.1) is 16.9 Å². The fourth-order valence-corrected chi connectivity index (χ4v) is 4.26. The Morgan fingerprint density at radius 1 is 1.17 bits per heavy atom. The molecule has 154 valence electrons. The summed E-state index contributed by atoms with van der Waals surface area (Å²) in [6.45, 7) is 5.96. The van der Waals surface area contributed by atoms with Crippen molar-refractivity contribution in [3.05, 3.63) is 77.1 Å². The number of amides is 1. The lowest BCUT2D eigenvalue weighted by molar-refractivity contribution is 0.0973. The molecule has 2 aromatic heterocycles. The average Bonchev–Trinajstić information content (AvgIpc) is 3.30. The molecule has 0 atom stereocenters. The first-order chi connectivity index (χ1) is 14.3. The van der Waals surface area contributed by atoms with E-state index in [1.165, 1.54) is 11.0 Å². The minimum Gasteiger partial charge on any atom is -0.278 e. The number of hydrogen-bond acceptors (Lipinski definition) is 4. The molecule has 2 heterocycles. The van der Waals surface area contributed by atoms with E-state index >= 15 is 0 Å². The maximum Gasteiger partial charge on any atom is 0.278 e. The normalized spacial score (nSPS) is 11.4. The largest absolute Gasteiger partial charge is 0.278 e. The van der Waals surface area contributed by atoms with E-state index in [2.05, 4.69) is 10.1 Å². The number of halogens is 2. The van der Waals surface area contributed by atoms with E-state index in [0.29, 0.717) is 15.5 Å². The summed E-state index contributed by atoms with van der Waals surface area (Å²) in [6.07, 6.45) is 0. The Bertz CT molecular complexity index is 1220. The molecule has 4 aromatic rings. The maximum absolute atomic E-state index is 14.2. The molecule has 4 rings (SSSR count). The third-order valence-corrected chi connectivity index (χ3v) is 5.65. The topological polar surface area (TPSA) is 51.0 Å². The van der Waals surface area contributed by atoms with Crippen LogP contribution in [0.5, 0.6) is 0 Å². The second-order valence-corrected chi connectivity index (χ2v) is 8.33. The third kappa shape index (κ3) is 3.82. The molecule has 2 aromatic carbocycles. The number of carbonyl (C=O) groups excluding carboxylic acids is 1. The first-order valence-corrected chi connectivity index (χ1v) is 10.3. The van der Waals surface area contributed by atoms with Crippen LogP contribution >= 0.6 is 11.3 Å². The van der Waals surface area contributed by atoms with E-state index in [1.807, 2.05) is 51.1 Å². The average molecular weight is 426 g/mol. The van der Waals surface area contributed by atoms with Crippen LogP contribution in [0.1, 0.15) is 41.6 Å². The van der Waals surface area contributed by atoms with Crippen LogP contribution in [0.15, 0.2) is 48.5 Å². The van der Waals surface area contributed by atoms with Gasteiger partial charge in [0.15, 0.2) is 10.9 Å². The van der Waals surface area contributed by atoms with Crippen molar-refractivity contribution in [2.75, 3.05) is 4.90 Å². The van der Waals surface area contributed by atoms with Gasteiger partial charge in [0.25, 0.3) is 5.91 Å². The monoisotopic (exact) mass is 426 g/mol. The summed E-state index contributed by atoms with van der Waals surface area (Å²) in [7, 11) is 0. The lowest BCUT2D eigenvalue weighted by Crippen LogP contribution is -2.32. The first kappa shape index (κ1) is 20.2. The van der Waals surface area contributed by atoms with Gasteiger partial charge in [0.2, 0.25) is 0 Å². The van der Waals surface area contributed by atoms with Crippen molar-refractivity contribution < 1.29 is 13.6 Å². The molecule has 8 heteroatoms. The van der Waals surface area contributed by atoms with Crippen LogP contribution in [0.3, 0.4) is 0 Å². The lowest BCUT2D eigenvalue weighted by atomic mass is 10.2. The molecule has 30 heavy (non-hydrogen) atoms. The molecule has 1 amide bonds. The summed E-state index contributed by atoms with van der Waals surface area (Å²) >= 11 is 1.08. The molecular weight excluding hydrogens is 406 g/mol. The van der Waals surface area contributed by atoms with E-state index in [-0.39, 0.29) is 24.0 Å². The molecule has 0 aliphatic carbocycles. The fraction of sp³-hybridized carbons (Fsp3) is 0.227. The number of hydrogen-bond donors (Lipinski definition) is 0. The quantitative estimate of drug-likeness (QED) is 0.423. The highest BCUT2D eigenvalue weighted by Crippen LogP contribution is 2.33. The Morgan fingerprint density at radius 3 is 2.60 bits per heavy atom. The third-order valence-electron chi connectivity index (χ3n) is 4.63. The molecule has 0 aliphatic heterocycles. The van der Waals surface area contributed by atoms with Crippen LogP contribution in [0.4, 0.5) is 13.9 Å². The molecule has 0 unspecified atom stereocenters. The minimum absolute atomic E-state index is 0.0156. The van der Waals surface area contributed by atoms with Gasteiger partial charge in [-0.1, -0.05) is 41.7 Å². The molecule has 0 fully saturated rings. The van der Waals surface area contributed by atoms with Crippen molar-refractivity contribution in [2.45, 2.75) is 33.4 Å². The van der Waals surface area contributed by atoms with Crippen molar-refractivity contribution >= 4 is 32.6 Å². The van der Waals surface area contributed by atoms with Crippen LogP contribution in [-0.2, 0) is 6.54 Å². The first-order valence-electron chi connectivity index (χ1n) is 9.51. The van der Waals surface area contributed by atoms with Crippen LogP contribution in [0.25, 0.3) is 10.2 Å². The van der Waals surface area contributed by atoms with Crippen molar-refractivity contribution in [3.8, 4) is 0 Å². The maximum atomic E-state index is 14.2. The fourth-order valence-electron chi connectivity index (χ4n) is 3.26. The Hall–Kier alpha value is -3.13. The molecule has 0 N–H and O–H groups in total. The predicted molar refractivity (Wildman–Crippen MR) is 114 cm³/mol. The molecule has 0 radical (unpaired) electrons. The number of benzene rings is 2. The highest BCUT2D eigenvalue weighted by molar-refractivity contribution is 7.22. The van der Waals surface area contributed by atoms with Crippen LogP contribution in [0.2, 0.25) is 0 Å². The number of rotatable bonds is 5. The van der Waals surface area contributed by atoms with Gasteiger partial charge in [-0.2, -0.15) is 5.10 Å². The Morgan fingerprint density at radius 2 is 1.90 bits per heavy atom. The van der Waals surface area contributed by atoms with Gasteiger partial charge >= 0.3 is 0 Å².